The number of nitrogens with zero attached hydrogens (tertiary/aromatic N) is 2. The Bertz CT molecular complexity index is 1060. The number of benzene rings is 2. The van der Waals surface area contributed by atoms with E-state index in [9.17, 15) is 18.0 Å². The van der Waals surface area contributed by atoms with Gasteiger partial charge in [0.05, 0.1) is 18.6 Å². The molecule has 0 saturated heterocycles. The van der Waals surface area contributed by atoms with E-state index in [1.807, 2.05) is 37.3 Å². The number of nitrogens with one attached hydrogen (secondary N) is 1. The minimum atomic E-state index is -3.81. The maximum atomic E-state index is 13.5. The third-order valence-electron chi connectivity index (χ3n) is 5.59. The van der Waals surface area contributed by atoms with E-state index in [1.54, 1.807) is 38.1 Å². The minimum absolute atomic E-state index is 0.263. The van der Waals surface area contributed by atoms with Gasteiger partial charge in [0.25, 0.3) is 0 Å². The lowest BCUT2D eigenvalue weighted by Crippen LogP contribution is -2.52. The van der Waals surface area contributed by atoms with Crippen LogP contribution < -0.4 is 14.4 Å². The summed E-state index contributed by atoms with van der Waals surface area (Å²) in [7, 11) is -3.81. The fourth-order valence-electron chi connectivity index (χ4n) is 3.64. The lowest BCUT2D eigenvalue weighted by Gasteiger charge is -2.32. The number of hydrogen-bond donors (Lipinski definition) is 1. The number of sulfonamides is 1. The number of rotatable bonds is 14. The van der Waals surface area contributed by atoms with Crippen LogP contribution in [-0.2, 0) is 26.0 Å². The Morgan fingerprint density at radius 3 is 2.31 bits per heavy atom. The van der Waals surface area contributed by atoms with Gasteiger partial charge in [-0.2, -0.15) is 0 Å². The van der Waals surface area contributed by atoms with E-state index in [0.717, 1.165) is 29.0 Å². The SMILES string of the molecule is CCCCNC(=O)C(C)N(CCc1ccccc1)C(=O)CN(c1ccccc1OCC)S(C)(=O)=O. The van der Waals surface area contributed by atoms with Gasteiger partial charge in [0.15, 0.2) is 0 Å². The molecule has 0 radical (unpaired) electrons. The number of ether oxygens (including phenoxy) is 1. The second kappa shape index (κ2) is 13.7. The Morgan fingerprint density at radius 2 is 1.69 bits per heavy atom. The molecule has 0 aliphatic carbocycles. The molecule has 2 amide bonds. The highest BCUT2D eigenvalue weighted by Gasteiger charge is 2.30. The Kier molecular flexibility index (Phi) is 11.0. The molecule has 0 saturated carbocycles. The van der Waals surface area contributed by atoms with E-state index < -0.39 is 28.5 Å². The highest BCUT2D eigenvalue weighted by atomic mass is 32.2. The van der Waals surface area contributed by atoms with Crippen LogP contribution in [0.15, 0.2) is 54.6 Å². The van der Waals surface area contributed by atoms with E-state index in [4.69, 9.17) is 4.74 Å². The molecule has 1 N–H and O–H groups in total. The Balaban J connectivity index is 2.32. The van der Waals surface area contributed by atoms with Gasteiger partial charge >= 0.3 is 0 Å². The zero-order valence-electron chi connectivity index (χ0n) is 21.1. The molecule has 0 fully saturated rings. The van der Waals surface area contributed by atoms with Gasteiger partial charge in [-0.1, -0.05) is 55.8 Å². The molecule has 0 heterocycles. The van der Waals surface area contributed by atoms with Crippen molar-refractivity contribution in [3.63, 3.8) is 0 Å². The van der Waals surface area contributed by atoms with Crippen molar-refractivity contribution in [1.29, 1.82) is 0 Å². The van der Waals surface area contributed by atoms with Gasteiger partial charge in [0.2, 0.25) is 21.8 Å². The summed E-state index contributed by atoms with van der Waals surface area (Å²) in [5.41, 5.74) is 1.30. The van der Waals surface area contributed by atoms with Crippen molar-refractivity contribution < 1.29 is 22.7 Å². The van der Waals surface area contributed by atoms with E-state index in [-0.39, 0.29) is 18.1 Å². The summed E-state index contributed by atoms with van der Waals surface area (Å²) in [5, 5.41) is 2.87. The largest absolute Gasteiger partial charge is 0.492 e. The first-order valence-corrected chi connectivity index (χ1v) is 13.8. The minimum Gasteiger partial charge on any atom is -0.492 e. The van der Waals surface area contributed by atoms with Crippen molar-refractivity contribution >= 4 is 27.5 Å². The van der Waals surface area contributed by atoms with Crippen LogP contribution in [-0.4, -0.2) is 63.7 Å². The van der Waals surface area contributed by atoms with Crippen LogP contribution in [0.3, 0.4) is 0 Å². The third kappa shape index (κ3) is 8.58. The van der Waals surface area contributed by atoms with Crippen molar-refractivity contribution in [2.45, 2.75) is 46.1 Å². The molecule has 2 aromatic carbocycles. The lowest BCUT2D eigenvalue weighted by molar-refractivity contribution is -0.138. The standard InChI is InChI=1S/C26H37N3O5S/c1-5-7-18-27-26(31)21(3)28(19-17-22-13-9-8-10-14-22)25(30)20-29(35(4,32)33)23-15-11-12-16-24(23)34-6-2/h8-16,21H,5-7,17-20H2,1-4H3,(H,27,31). The lowest BCUT2D eigenvalue weighted by atomic mass is 10.1. The molecule has 9 heteroatoms. The smallest absolute Gasteiger partial charge is 0.244 e. The summed E-state index contributed by atoms with van der Waals surface area (Å²) >= 11 is 0. The van der Waals surface area contributed by atoms with Gasteiger partial charge in [0, 0.05) is 13.1 Å². The van der Waals surface area contributed by atoms with E-state index in [1.165, 1.54) is 4.90 Å². The highest BCUT2D eigenvalue weighted by molar-refractivity contribution is 7.92. The Hall–Kier alpha value is -3.07. The van der Waals surface area contributed by atoms with Crippen LogP contribution in [0.4, 0.5) is 5.69 Å². The second-order valence-corrected chi connectivity index (χ2v) is 10.2. The molecule has 0 spiro atoms. The average molecular weight is 504 g/mol. The monoisotopic (exact) mass is 503 g/mol. The summed E-state index contributed by atoms with van der Waals surface area (Å²) in [6, 6.07) is 15.6. The number of unbranched alkanes of at least 4 members (excludes halogenated alkanes) is 1. The van der Waals surface area contributed by atoms with E-state index >= 15 is 0 Å². The average Bonchev–Trinajstić information content (AvgIpc) is 2.83. The summed E-state index contributed by atoms with van der Waals surface area (Å²) in [5.74, 6) is -0.356. The molecule has 0 aromatic heterocycles. The second-order valence-electron chi connectivity index (χ2n) is 8.31. The van der Waals surface area contributed by atoms with Crippen molar-refractivity contribution in [3.8, 4) is 5.75 Å². The van der Waals surface area contributed by atoms with Crippen LogP contribution in [0, 0.1) is 0 Å². The molecule has 35 heavy (non-hydrogen) atoms. The first kappa shape index (κ1) is 28.2. The molecule has 8 nitrogen and oxygen atoms in total. The van der Waals surface area contributed by atoms with E-state index in [0.29, 0.717) is 25.3 Å². The summed E-state index contributed by atoms with van der Waals surface area (Å²) in [6.45, 7) is 6.21. The molecule has 2 rings (SSSR count). The molecule has 1 unspecified atom stereocenters. The van der Waals surface area contributed by atoms with Crippen molar-refractivity contribution in [2.75, 3.05) is 36.8 Å². The molecule has 0 aliphatic heterocycles. The van der Waals surface area contributed by atoms with Crippen molar-refractivity contribution in [1.82, 2.24) is 10.2 Å². The van der Waals surface area contributed by atoms with Gasteiger partial charge in [-0.3, -0.25) is 13.9 Å². The summed E-state index contributed by atoms with van der Waals surface area (Å²) in [4.78, 5) is 27.8. The van der Waals surface area contributed by atoms with Crippen molar-refractivity contribution in [3.05, 3.63) is 60.2 Å². The number of anilines is 1. The number of carbonyl (C=O) groups excluding carboxylic acids is 2. The van der Waals surface area contributed by atoms with Gasteiger partial charge in [0.1, 0.15) is 18.3 Å². The Labute approximate surface area is 209 Å². The third-order valence-corrected chi connectivity index (χ3v) is 6.72. The molecular formula is C26H37N3O5S. The molecule has 0 bridgehead atoms. The van der Waals surface area contributed by atoms with Gasteiger partial charge < -0.3 is 15.0 Å². The fourth-order valence-corrected chi connectivity index (χ4v) is 4.49. The maximum absolute atomic E-state index is 13.5. The van der Waals surface area contributed by atoms with Crippen LogP contribution in [0.1, 0.15) is 39.2 Å². The van der Waals surface area contributed by atoms with Gasteiger partial charge in [-0.25, -0.2) is 8.42 Å². The summed E-state index contributed by atoms with van der Waals surface area (Å²) < 4.78 is 32.1. The fraction of sp³-hybridized carbons (Fsp3) is 0.462. The van der Waals surface area contributed by atoms with Gasteiger partial charge in [-0.05, 0) is 44.4 Å². The summed E-state index contributed by atoms with van der Waals surface area (Å²) in [6.07, 6.45) is 3.37. The number of carbonyl (C=O) groups is 2. The molecular weight excluding hydrogens is 466 g/mol. The first-order chi connectivity index (χ1) is 16.7. The quantitative estimate of drug-likeness (QED) is 0.400. The van der Waals surface area contributed by atoms with Crippen LogP contribution in [0.25, 0.3) is 0 Å². The molecule has 192 valence electrons. The number of amides is 2. The van der Waals surface area contributed by atoms with Crippen molar-refractivity contribution in [2.24, 2.45) is 0 Å². The first-order valence-electron chi connectivity index (χ1n) is 12.0. The number of hydrogen-bond acceptors (Lipinski definition) is 5. The van der Waals surface area contributed by atoms with E-state index in [2.05, 4.69) is 5.32 Å². The number of para-hydroxylation sites is 2. The predicted octanol–water partition coefficient (Wildman–Crippen LogP) is 3.23. The molecule has 0 aliphatic rings. The predicted molar refractivity (Wildman–Crippen MR) is 139 cm³/mol. The maximum Gasteiger partial charge on any atom is 0.244 e. The molecule has 1 atom stereocenters. The zero-order valence-corrected chi connectivity index (χ0v) is 21.9. The normalized spacial score (nSPS) is 12.0. The van der Waals surface area contributed by atoms with Crippen LogP contribution in [0.5, 0.6) is 5.75 Å². The Morgan fingerprint density at radius 1 is 1.03 bits per heavy atom. The van der Waals surface area contributed by atoms with Crippen LogP contribution >= 0.6 is 0 Å². The highest BCUT2D eigenvalue weighted by Crippen LogP contribution is 2.30. The van der Waals surface area contributed by atoms with Crippen LogP contribution in [0.2, 0.25) is 0 Å². The molecule has 2 aromatic rings. The zero-order chi connectivity index (χ0) is 25.8. The van der Waals surface area contributed by atoms with Gasteiger partial charge in [-0.15, -0.1) is 0 Å². The topological polar surface area (TPSA) is 96.0 Å².